The van der Waals surface area contributed by atoms with Gasteiger partial charge in [0.1, 0.15) is 5.39 Å². The van der Waals surface area contributed by atoms with Crippen molar-refractivity contribution in [2.24, 2.45) is 0 Å². The number of rotatable bonds is 0. The predicted octanol–water partition coefficient (Wildman–Crippen LogP) is 0.665. The number of hydrogen-bond acceptors (Lipinski definition) is 3. The third kappa shape index (κ3) is 1.15. The van der Waals surface area contributed by atoms with Gasteiger partial charge < -0.3 is 4.98 Å². The van der Waals surface area contributed by atoms with E-state index in [1.54, 1.807) is 5.10 Å². The summed E-state index contributed by atoms with van der Waals surface area (Å²) >= 11 is 0. The predicted molar refractivity (Wildman–Crippen MR) is 39.5 cm³/mol. The van der Waals surface area contributed by atoms with Crippen LogP contribution in [0.4, 0.5) is 13.2 Å². The molecular formula is C6H3F3N4O. The molecule has 74 valence electrons. The van der Waals surface area contributed by atoms with Crippen LogP contribution < -0.4 is 5.56 Å². The number of aromatic amines is 2. The maximum atomic E-state index is 12.3. The lowest BCUT2D eigenvalue weighted by Crippen LogP contribution is -2.13. The average Bonchev–Trinajstić information content (AvgIpc) is 2.47. The Balaban J connectivity index is 2.87. The molecule has 8 heteroatoms. The summed E-state index contributed by atoms with van der Waals surface area (Å²) in [7, 11) is 0. The van der Waals surface area contributed by atoms with Crippen molar-refractivity contribution in [1.82, 2.24) is 20.2 Å². The van der Waals surface area contributed by atoms with Gasteiger partial charge in [-0.05, 0) is 0 Å². The third-order valence-corrected chi connectivity index (χ3v) is 1.64. The van der Waals surface area contributed by atoms with E-state index in [0.717, 1.165) is 6.33 Å². The first-order chi connectivity index (χ1) is 6.50. The molecule has 0 spiro atoms. The minimum absolute atomic E-state index is 0.249. The molecule has 0 aliphatic rings. The maximum absolute atomic E-state index is 12.3. The molecule has 2 heterocycles. The van der Waals surface area contributed by atoms with E-state index in [0.29, 0.717) is 0 Å². The van der Waals surface area contributed by atoms with Gasteiger partial charge in [0.05, 0.1) is 6.33 Å². The third-order valence-electron chi connectivity index (χ3n) is 1.64. The van der Waals surface area contributed by atoms with Crippen molar-refractivity contribution in [3.05, 3.63) is 22.4 Å². The topological polar surface area (TPSA) is 74.4 Å². The van der Waals surface area contributed by atoms with Crippen molar-refractivity contribution in [1.29, 1.82) is 0 Å². The Kier molecular flexibility index (Phi) is 1.60. The number of nitrogens with zero attached hydrogens (tertiary/aromatic N) is 2. The fourth-order valence-corrected chi connectivity index (χ4v) is 1.07. The molecule has 0 radical (unpaired) electrons. The summed E-state index contributed by atoms with van der Waals surface area (Å²) in [5.74, 6) is 0. The smallest absolute Gasteiger partial charge is 0.312 e. The number of fused-ring (bicyclic) bond motifs is 1. The summed E-state index contributed by atoms with van der Waals surface area (Å²) in [5, 5.41) is 4.44. The van der Waals surface area contributed by atoms with E-state index in [2.05, 4.69) is 10.1 Å². The van der Waals surface area contributed by atoms with Crippen molar-refractivity contribution in [3.63, 3.8) is 0 Å². The van der Waals surface area contributed by atoms with E-state index in [1.165, 1.54) is 0 Å². The fraction of sp³-hybridized carbons (Fsp3) is 0.167. The Hall–Kier alpha value is -1.86. The molecule has 14 heavy (non-hydrogen) atoms. The summed E-state index contributed by atoms with van der Waals surface area (Å²) in [6.07, 6.45) is -3.64. The van der Waals surface area contributed by atoms with Gasteiger partial charge >= 0.3 is 6.18 Å². The highest BCUT2D eigenvalue weighted by Crippen LogP contribution is 2.30. The largest absolute Gasteiger partial charge is 0.433 e. The summed E-state index contributed by atoms with van der Waals surface area (Å²) < 4.78 is 36.8. The second-order valence-corrected chi connectivity index (χ2v) is 2.53. The molecule has 0 atom stereocenters. The molecule has 2 aromatic heterocycles. The Morgan fingerprint density at radius 1 is 1.36 bits per heavy atom. The zero-order chi connectivity index (χ0) is 10.3. The van der Waals surface area contributed by atoms with E-state index in [9.17, 15) is 18.0 Å². The highest BCUT2D eigenvalue weighted by Gasteiger charge is 2.36. The minimum Gasteiger partial charge on any atom is -0.312 e. The number of halogens is 3. The van der Waals surface area contributed by atoms with E-state index in [4.69, 9.17) is 0 Å². The normalized spacial score (nSPS) is 12.2. The lowest BCUT2D eigenvalue weighted by atomic mass is 10.3. The number of hydrogen-bond donors (Lipinski definition) is 2. The van der Waals surface area contributed by atoms with Crippen LogP contribution in [0.25, 0.3) is 11.0 Å². The van der Waals surface area contributed by atoms with Crippen molar-refractivity contribution < 1.29 is 13.2 Å². The molecular weight excluding hydrogens is 201 g/mol. The van der Waals surface area contributed by atoms with Gasteiger partial charge in [-0.1, -0.05) is 0 Å². The first-order valence-electron chi connectivity index (χ1n) is 3.49. The highest BCUT2D eigenvalue weighted by molar-refractivity contribution is 5.76. The van der Waals surface area contributed by atoms with Gasteiger partial charge in [0.2, 0.25) is 0 Å². The van der Waals surface area contributed by atoms with Gasteiger partial charge in [0.15, 0.2) is 11.3 Å². The van der Waals surface area contributed by atoms with Crippen LogP contribution in [0.3, 0.4) is 0 Å². The van der Waals surface area contributed by atoms with Crippen LogP contribution in [0, 0.1) is 0 Å². The van der Waals surface area contributed by atoms with Crippen molar-refractivity contribution in [2.75, 3.05) is 0 Å². The van der Waals surface area contributed by atoms with Crippen molar-refractivity contribution in [2.45, 2.75) is 6.18 Å². The highest BCUT2D eigenvalue weighted by atomic mass is 19.4. The number of aromatic nitrogens is 4. The minimum atomic E-state index is -4.63. The van der Waals surface area contributed by atoms with Gasteiger partial charge in [-0.2, -0.15) is 18.3 Å². The first kappa shape index (κ1) is 8.73. The second-order valence-electron chi connectivity index (χ2n) is 2.53. The molecule has 0 aromatic carbocycles. The molecule has 0 aliphatic heterocycles. The zero-order valence-electron chi connectivity index (χ0n) is 6.51. The Bertz CT molecular complexity index is 526. The van der Waals surface area contributed by atoms with Crippen LogP contribution >= 0.6 is 0 Å². The first-order valence-corrected chi connectivity index (χ1v) is 3.49. The summed E-state index contributed by atoms with van der Waals surface area (Å²) in [6, 6.07) is 0. The molecule has 0 unspecified atom stereocenters. The fourth-order valence-electron chi connectivity index (χ4n) is 1.07. The van der Waals surface area contributed by atoms with Crippen LogP contribution in [-0.2, 0) is 6.18 Å². The molecule has 2 rings (SSSR count). The van der Waals surface area contributed by atoms with Gasteiger partial charge in [0.25, 0.3) is 5.56 Å². The summed E-state index contributed by atoms with van der Waals surface area (Å²) in [4.78, 5) is 16.6. The van der Waals surface area contributed by atoms with Crippen LogP contribution in [-0.4, -0.2) is 20.2 Å². The molecule has 0 bridgehead atoms. The van der Waals surface area contributed by atoms with Gasteiger partial charge in [0, 0.05) is 0 Å². The quantitative estimate of drug-likeness (QED) is 0.662. The summed E-state index contributed by atoms with van der Waals surface area (Å²) in [6.45, 7) is 0. The molecule has 2 aromatic rings. The number of H-pyrrole nitrogens is 2. The lowest BCUT2D eigenvalue weighted by Gasteiger charge is -2.01. The van der Waals surface area contributed by atoms with Crippen LogP contribution in [0.5, 0.6) is 0 Å². The number of nitrogens with one attached hydrogen (secondary N) is 2. The molecule has 0 saturated heterocycles. The molecule has 0 fully saturated rings. The van der Waals surface area contributed by atoms with E-state index < -0.39 is 22.8 Å². The van der Waals surface area contributed by atoms with Crippen LogP contribution in [0.15, 0.2) is 11.1 Å². The van der Waals surface area contributed by atoms with Crippen molar-refractivity contribution in [3.8, 4) is 0 Å². The summed E-state index contributed by atoms with van der Waals surface area (Å²) in [5.41, 5.74) is -2.29. The molecule has 0 aliphatic carbocycles. The average molecular weight is 204 g/mol. The van der Waals surface area contributed by atoms with Crippen LogP contribution in [0.1, 0.15) is 5.69 Å². The van der Waals surface area contributed by atoms with E-state index in [1.807, 2.05) is 4.98 Å². The van der Waals surface area contributed by atoms with Crippen LogP contribution in [0.2, 0.25) is 0 Å². The molecule has 2 N–H and O–H groups in total. The van der Waals surface area contributed by atoms with Gasteiger partial charge in [-0.15, -0.1) is 0 Å². The monoisotopic (exact) mass is 204 g/mol. The van der Waals surface area contributed by atoms with Gasteiger partial charge in [-0.3, -0.25) is 9.89 Å². The zero-order valence-corrected chi connectivity index (χ0v) is 6.51. The standard InChI is InChI=1S/C6H3F3N4O/c7-6(8,9)3-2-4(13-12-3)10-1-11-5(2)14/h1H,(H2,10,11,12,13,14). The van der Waals surface area contributed by atoms with Crippen molar-refractivity contribution >= 4 is 11.0 Å². The van der Waals surface area contributed by atoms with E-state index >= 15 is 0 Å². The van der Waals surface area contributed by atoms with Gasteiger partial charge in [-0.25, -0.2) is 4.98 Å². The molecule has 5 nitrogen and oxygen atoms in total. The molecule has 0 amide bonds. The maximum Gasteiger partial charge on any atom is 0.433 e. The lowest BCUT2D eigenvalue weighted by molar-refractivity contribution is -0.140. The Morgan fingerprint density at radius 3 is 2.71 bits per heavy atom. The number of alkyl halides is 3. The second kappa shape index (κ2) is 2.56. The van der Waals surface area contributed by atoms with E-state index in [-0.39, 0.29) is 5.65 Å². The Morgan fingerprint density at radius 2 is 2.07 bits per heavy atom. The molecule has 0 saturated carbocycles. The SMILES string of the molecule is O=c1[nH]cnc2n[nH]c(C(F)(F)F)c12. The Labute approximate surface area is 74.0 Å².